The van der Waals surface area contributed by atoms with E-state index in [2.05, 4.69) is 5.32 Å². The first-order valence-corrected chi connectivity index (χ1v) is 3.46. The van der Waals surface area contributed by atoms with Crippen LogP contribution in [0.5, 0.6) is 0 Å². The van der Waals surface area contributed by atoms with Gasteiger partial charge in [-0.05, 0) is 6.92 Å². The first-order chi connectivity index (χ1) is 4.54. The molecule has 0 saturated carbocycles. The summed E-state index contributed by atoms with van der Waals surface area (Å²) in [6, 6.07) is 0.314. The van der Waals surface area contributed by atoms with E-state index < -0.39 is 6.10 Å². The van der Waals surface area contributed by atoms with Crippen LogP contribution in [0.4, 0.5) is 0 Å². The van der Waals surface area contributed by atoms with Crippen LogP contribution < -0.4 is 5.32 Å². The topological polar surface area (TPSA) is 49.3 Å². The van der Waals surface area contributed by atoms with Crippen molar-refractivity contribution in [2.24, 2.45) is 0 Å². The molecule has 0 fully saturated rings. The highest BCUT2D eigenvalue weighted by Crippen LogP contribution is 1.84. The molecule has 0 rings (SSSR count). The van der Waals surface area contributed by atoms with Gasteiger partial charge in [0.15, 0.2) is 5.78 Å². The van der Waals surface area contributed by atoms with Gasteiger partial charge in [-0.25, -0.2) is 0 Å². The zero-order chi connectivity index (χ0) is 8.15. The highest BCUT2D eigenvalue weighted by Gasteiger charge is 2.08. The van der Waals surface area contributed by atoms with Gasteiger partial charge in [0.2, 0.25) is 0 Å². The lowest BCUT2D eigenvalue weighted by Gasteiger charge is -2.10. The first kappa shape index (κ1) is 9.59. The molecule has 0 bridgehead atoms. The predicted octanol–water partition coefficient (Wildman–Crippen LogP) is -0.0657. The predicted molar refractivity (Wildman–Crippen MR) is 39.8 cm³/mol. The normalized spacial score (nSPS) is 13.7. The summed E-state index contributed by atoms with van der Waals surface area (Å²) >= 11 is 0. The fraction of sp³-hybridized carbons (Fsp3) is 0.857. The molecule has 0 aliphatic carbocycles. The summed E-state index contributed by atoms with van der Waals surface area (Å²) in [6.45, 7) is 5.67. The molecule has 60 valence electrons. The number of aliphatic hydroxyl groups excluding tert-OH is 1. The van der Waals surface area contributed by atoms with Crippen LogP contribution >= 0.6 is 0 Å². The van der Waals surface area contributed by atoms with Crippen molar-refractivity contribution in [3.05, 3.63) is 0 Å². The smallest absolute Gasteiger partial charge is 0.159 e. The van der Waals surface area contributed by atoms with Crippen molar-refractivity contribution in [1.29, 1.82) is 0 Å². The molecule has 3 heteroatoms. The van der Waals surface area contributed by atoms with Crippen molar-refractivity contribution in [3.63, 3.8) is 0 Å². The number of rotatable bonds is 4. The third-order valence-corrected chi connectivity index (χ3v) is 1.19. The number of aliphatic hydroxyl groups is 1. The van der Waals surface area contributed by atoms with Crippen molar-refractivity contribution in [2.45, 2.75) is 32.9 Å². The molecule has 0 aromatic carbocycles. The molecule has 0 saturated heterocycles. The van der Waals surface area contributed by atoms with Gasteiger partial charge in [-0.2, -0.15) is 0 Å². The van der Waals surface area contributed by atoms with Crippen LogP contribution in [0, 0.1) is 0 Å². The molecule has 0 amide bonds. The minimum Gasteiger partial charge on any atom is -0.384 e. The molecule has 10 heavy (non-hydrogen) atoms. The Bertz CT molecular complexity index is 112. The minimum absolute atomic E-state index is 0.187. The molecule has 2 N–H and O–H groups in total. The van der Waals surface area contributed by atoms with Gasteiger partial charge in [0.05, 0.1) is 0 Å². The molecular weight excluding hydrogens is 130 g/mol. The summed E-state index contributed by atoms with van der Waals surface area (Å²) in [4.78, 5) is 10.5. The molecule has 0 aliphatic heterocycles. The molecule has 0 aromatic rings. The van der Waals surface area contributed by atoms with Crippen LogP contribution in [-0.2, 0) is 4.79 Å². The minimum atomic E-state index is -0.845. The third kappa shape index (κ3) is 4.47. The van der Waals surface area contributed by atoms with E-state index in [0.29, 0.717) is 12.6 Å². The molecule has 0 heterocycles. The van der Waals surface area contributed by atoms with Gasteiger partial charge in [-0.15, -0.1) is 0 Å². The number of hydrogen-bond acceptors (Lipinski definition) is 3. The highest BCUT2D eigenvalue weighted by atomic mass is 16.3. The van der Waals surface area contributed by atoms with Gasteiger partial charge < -0.3 is 10.4 Å². The van der Waals surface area contributed by atoms with Crippen LogP contribution in [-0.4, -0.2) is 29.6 Å². The lowest BCUT2D eigenvalue weighted by molar-refractivity contribution is -0.124. The van der Waals surface area contributed by atoms with Crippen LogP contribution in [0.2, 0.25) is 0 Å². The number of ketones is 1. The van der Waals surface area contributed by atoms with Crippen LogP contribution in [0.25, 0.3) is 0 Å². The number of carbonyl (C=O) groups excluding carboxylic acids is 1. The molecule has 0 spiro atoms. The van der Waals surface area contributed by atoms with E-state index in [1.165, 1.54) is 6.92 Å². The molecule has 0 aromatic heterocycles. The third-order valence-electron chi connectivity index (χ3n) is 1.19. The Labute approximate surface area is 61.4 Å². The fourth-order valence-corrected chi connectivity index (χ4v) is 0.491. The second-order valence-corrected chi connectivity index (χ2v) is 2.69. The summed E-state index contributed by atoms with van der Waals surface area (Å²) in [5.41, 5.74) is 0. The summed E-state index contributed by atoms with van der Waals surface area (Å²) in [5.74, 6) is -0.187. The van der Waals surface area contributed by atoms with Crippen molar-refractivity contribution in [1.82, 2.24) is 5.32 Å². The van der Waals surface area contributed by atoms with Crippen molar-refractivity contribution in [3.8, 4) is 0 Å². The average Bonchev–Trinajstić information content (AvgIpc) is 1.82. The van der Waals surface area contributed by atoms with E-state index >= 15 is 0 Å². The Morgan fingerprint density at radius 3 is 2.40 bits per heavy atom. The summed E-state index contributed by atoms with van der Waals surface area (Å²) in [6.07, 6.45) is -0.845. The molecule has 1 atom stereocenters. The Hall–Kier alpha value is -0.410. The highest BCUT2D eigenvalue weighted by molar-refractivity contribution is 5.80. The van der Waals surface area contributed by atoms with E-state index in [9.17, 15) is 4.79 Å². The molecule has 3 nitrogen and oxygen atoms in total. The van der Waals surface area contributed by atoms with Crippen molar-refractivity contribution < 1.29 is 9.90 Å². The standard InChI is InChI=1S/C7H15NO2/c1-5(2)8-4-7(10)6(3)9/h5,7-8,10H,4H2,1-3H3. The van der Waals surface area contributed by atoms with Gasteiger partial charge in [0.1, 0.15) is 6.10 Å². The number of carbonyl (C=O) groups is 1. The average molecular weight is 145 g/mol. The maximum atomic E-state index is 10.5. The fourth-order valence-electron chi connectivity index (χ4n) is 0.491. The Balaban J connectivity index is 3.40. The number of nitrogens with one attached hydrogen (secondary N) is 1. The second-order valence-electron chi connectivity index (χ2n) is 2.69. The van der Waals surface area contributed by atoms with Gasteiger partial charge >= 0.3 is 0 Å². The summed E-state index contributed by atoms with van der Waals surface area (Å²) in [5, 5.41) is 11.9. The Morgan fingerprint density at radius 1 is 1.60 bits per heavy atom. The van der Waals surface area contributed by atoms with Gasteiger partial charge in [0, 0.05) is 12.6 Å². The SMILES string of the molecule is CC(=O)C(O)CNC(C)C. The second kappa shape index (κ2) is 4.41. The van der Waals surface area contributed by atoms with Crippen molar-refractivity contribution >= 4 is 5.78 Å². The monoisotopic (exact) mass is 145 g/mol. The van der Waals surface area contributed by atoms with Gasteiger partial charge in [-0.1, -0.05) is 13.8 Å². The van der Waals surface area contributed by atoms with Gasteiger partial charge in [0.25, 0.3) is 0 Å². The summed E-state index contributed by atoms with van der Waals surface area (Å²) in [7, 11) is 0. The molecular formula is C7H15NO2. The number of Topliss-reactive ketones (excluding diaryl/α,β-unsaturated/α-hetero) is 1. The van der Waals surface area contributed by atoms with E-state index in [-0.39, 0.29) is 5.78 Å². The van der Waals surface area contributed by atoms with Crippen LogP contribution in [0.1, 0.15) is 20.8 Å². The summed E-state index contributed by atoms with van der Waals surface area (Å²) < 4.78 is 0. The zero-order valence-electron chi connectivity index (χ0n) is 6.72. The quantitative estimate of drug-likeness (QED) is 0.582. The Kier molecular flexibility index (Phi) is 4.23. The van der Waals surface area contributed by atoms with Gasteiger partial charge in [-0.3, -0.25) is 4.79 Å². The maximum absolute atomic E-state index is 10.5. The zero-order valence-corrected chi connectivity index (χ0v) is 6.72. The Morgan fingerprint density at radius 2 is 2.10 bits per heavy atom. The van der Waals surface area contributed by atoms with Crippen molar-refractivity contribution in [2.75, 3.05) is 6.54 Å². The number of hydrogen-bond donors (Lipinski definition) is 2. The maximum Gasteiger partial charge on any atom is 0.159 e. The molecule has 0 aliphatic rings. The first-order valence-electron chi connectivity index (χ1n) is 3.46. The molecule has 0 radical (unpaired) electrons. The lowest BCUT2D eigenvalue weighted by atomic mass is 10.2. The van der Waals surface area contributed by atoms with Crippen LogP contribution in [0.3, 0.4) is 0 Å². The van der Waals surface area contributed by atoms with E-state index in [1.54, 1.807) is 0 Å². The van der Waals surface area contributed by atoms with E-state index in [4.69, 9.17) is 5.11 Å². The largest absolute Gasteiger partial charge is 0.384 e. The molecule has 1 unspecified atom stereocenters. The van der Waals surface area contributed by atoms with E-state index in [0.717, 1.165) is 0 Å². The lowest BCUT2D eigenvalue weighted by Crippen LogP contribution is -2.35. The van der Waals surface area contributed by atoms with Crippen LogP contribution in [0.15, 0.2) is 0 Å². The van der Waals surface area contributed by atoms with E-state index in [1.807, 2.05) is 13.8 Å².